The first-order valence-corrected chi connectivity index (χ1v) is 14.5. The van der Waals surface area contributed by atoms with Gasteiger partial charge in [0.15, 0.2) is 0 Å². The molecule has 22 heavy (non-hydrogen) atoms. The molecule has 3 saturated carbocycles. The molecule has 0 bridgehead atoms. The van der Waals surface area contributed by atoms with E-state index in [1.54, 1.807) is 57.8 Å². The lowest BCUT2D eigenvalue weighted by Gasteiger charge is -2.45. The summed E-state index contributed by atoms with van der Waals surface area (Å²) in [5.74, 6) is 1.09. The molecule has 0 N–H and O–H groups in total. The summed E-state index contributed by atoms with van der Waals surface area (Å²) >= 11 is 0. The van der Waals surface area contributed by atoms with Crippen LogP contribution in [0, 0.1) is 5.92 Å². The molecule has 0 saturated heterocycles. The maximum Gasteiger partial charge on any atom is -0.0168 e. The second-order valence-corrected chi connectivity index (χ2v) is 13.4. The zero-order valence-electron chi connectivity index (χ0n) is 14.6. The highest BCUT2D eigenvalue weighted by Crippen LogP contribution is 2.63. The van der Waals surface area contributed by atoms with Crippen LogP contribution in [0.3, 0.4) is 0 Å². The van der Waals surface area contributed by atoms with E-state index < -0.39 is 0 Å². The SMILES string of the molecule is C[C@H](C1CCCC1PP)P(C1CCCCC1)C1CCCCC1. The minimum Gasteiger partial charge on any atom is -0.114 e. The zero-order valence-corrected chi connectivity index (χ0v) is 17.7. The molecule has 0 aliphatic heterocycles. The van der Waals surface area contributed by atoms with Crippen molar-refractivity contribution in [1.82, 2.24) is 0 Å². The van der Waals surface area contributed by atoms with Gasteiger partial charge in [0.05, 0.1) is 0 Å². The highest BCUT2D eigenvalue weighted by molar-refractivity contribution is 8.03. The van der Waals surface area contributed by atoms with Crippen LogP contribution >= 0.6 is 25.1 Å². The molecule has 0 spiro atoms. The van der Waals surface area contributed by atoms with Crippen molar-refractivity contribution in [3.05, 3.63) is 0 Å². The fraction of sp³-hybridized carbons (Fsp3) is 1.00. The van der Waals surface area contributed by atoms with Crippen molar-refractivity contribution in [2.45, 2.75) is 113 Å². The molecule has 0 aromatic heterocycles. The summed E-state index contributed by atoms with van der Waals surface area (Å²) < 4.78 is 0. The molecule has 0 nitrogen and oxygen atoms in total. The molecule has 3 heteroatoms. The van der Waals surface area contributed by atoms with Gasteiger partial charge in [-0.1, -0.05) is 68.1 Å². The molecule has 3 rings (SSSR count). The second-order valence-electron chi connectivity index (χ2n) is 8.14. The van der Waals surface area contributed by atoms with E-state index in [1.165, 1.54) is 25.7 Å². The van der Waals surface area contributed by atoms with Gasteiger partial charge in [0.1, 0.15) is 0 Å². The predicted molar refractivity (Wildman–Crippen MR) is 109 cm³/mol. The van der Waals surface area contributed by atoms with Crippen LogP contribution in [0.5, 0.6) is 0 Å². The van der Waals surface area contributed by atoms with Crippen LogP contribution in [0.25, 0.3) is 0 Å². The van der Waals surface area contributed by atoms with Gasteiger partial charge in [0.25, 0.3) is 0 Å². The molecule has 3 aliphatic rings. The van der Waals surface area contributed by atoms with Crippen LogP contribution in [0.15, 0.2) is 0 Å². The summed E-state index contributed by atoms with van der Waals surface area (Å²) in [4.78, 5) is 0. The molecule has 128 valence electrons. The van der Waals surface area contributed by atoms with Gasteiger partial charge >= 0.3 is 0 Å². The van der Waals surface area contributed by atoms with Gasteiger partial charge < -0.3 is 0 Å². The molecule has 3 fully saturated rings. The Morgan fingerprint density at radius 3 is 1.82 bits per heavy atom. The van der Waals surface area contributed by atoms with E-state index in [0.717, 1.165) is 36.8 Å². The monoisotopic (exact) mass is 358 g/mol. The lowest BCUT2D eigenvalue weighted by molar-refractivity contribution is 0.467. The Kier molecular flexibility index (Phi) is 7.50. The summed E-state index contributed by atoms with van der Waals surface area (Å²) in [7, 11) is 4.51. The van der Waals surface area contributed by atoms with E-state index in [2.05, 4.69) is 15.9 Å². The number of rotatable bonds is 5. The smallest absolute Gasteiger partial charge is 0.0168 e. The maximum atomic E-state index is 3.10. The van der Waals surface area contributed by atoms with E-state index in [4.69, 9.17) is 0 Å². The van der Waals surface area contributed by atoms with Crippen LogP contribution in [-0.4, -0.2) is 22.6 Å². The molecule has 0 radical (unpaired) electrons. The average molecular weight is 358 g/mol. The Bertz CT molecular complexity index is 303. The van der Waals surface area contributed by atoms with Gasteiger partial charge in [-0.25, -0.2) is 0 Å². The third kappa shape index (κ3) is 4.27. The fourth-order valence-electron chi connectivity index (χ4n) is 5.72. The van der Waals surface area contributed by atoms with Crippen LogP contribution < -0.4 is 0 Å². The maximum absolute atomic E-state index is 3.10. The quantitative estimate of drug-likeness (QED) is 0.457. The topological polar surface area (TPSA) is 0 Å². The lowest BCUT2D eigenvalue weighted by Crippen LogP contribution is -2.31. The van der Waals surface area contributed by atoms with Crippen LogP contribution in [0.2, 0.25) is 0 Å². The molecule has 0 aromatic rings. The third-order valence-corrected chi connectivity index (χ3v) is 13.3. The molecular formula is C19H37P3. The Morgan fingerprint density at radius 1 is 0.773 bits per heavy atom. The van der Waals surface area contributed by atoms with Gasteiger partial charge in [-0.3, -0.25) is 0 Å². The van der Waals surface area contributed by atoms with Crippen molar-refractivity contribution in [3.8, 4) is 0 Å². The first-order chi connectivity index (χ1) is 10.8. The first-order valence-electron chi connectivity index (χ1n) is 10.0. The van der Waals surface area contributed by atoms with Crippen LogP contribution in [0.1, 0.15) is 90.4 Å². The minimum atomic E-state index is 0.294. The Hall–Kier alpha value is 1.29. The Labute approximate surface area is 144 Å². The summed E-state index contributed by atoms with van der Waals surface area (Å²) in [6, 6.07) is 0. The molecule has 5 atom stereocenters. The molecular weight excluding hydrogens is 321 g/mol. The first kappa shape index (κ1) is 18.1. The highest BCUT2D eigenvalue weighted by Gasteiger charge is 2.40. The normalized spacial score (nSPS) is 34.0. The van der Waals surface area contributed by atoms with E-state index >= 15 is 0 Å². The van der Waals surface area contributed by atoms with Gasteiger partial charge in [0.2, 0.25) is 0 Å². The van der Waals surface area contributed by atoms with Gasteiger partial charge in [0, 0.05) is 0 Å². The predicted octanol–water partition coefficient (Wildman–Crippen LogP) is 7.16. The summed E-state index contributed by atoms with van der Waals surface area (Å²) in [5.41, 5.74) is 4.44. The molecule has 0 aromatic carbocycles. The fourth-order valence-corrected chi connectivity index (χ4v) is 12.8. The van der Waals surface area contributed by atoms with E-state index in [0.29, 0.717) is 7.92 Å². The lowest BCUT2D eigenvalue weighted by atomic mass is 9.99. The van der Waals surface area contributed by atoms with Crippen molar-refractivity contribution in [2.75, 3.05) is 0 Å². The standard InChI is InChI=1S/C19H37P3/c1-15(18-13-8-14-19(18)21-20)22(16-9-4-2-5-10-16)17-11-6-3-7-12-17/h15-19,21H,2-14,20H2,1H3/t15-,18?,19?/m1/s1. The van der Waals surface area contributed by atoms with Crippen LogP contribution in [-0.2, 0) is 0 Å². The highest BCUT2D eigenvalue weighted by atomic mass is 32.0. The third-order valence-electron chi connectivity index (χ3n) is 6.87. The molecule has 0 heterocycles. The minimum absolute atomic E-state index is 0.294. The summed E-state index contributed by atoms with van der Waals surface area (Å²) in [5, 5.41) is 0. The number of hydrogen-bond donors (Lipinski definition) is 0. The van der Waals surface area contributed by atoms with Crippen molar-refractivity contribution < 1.29 is 0 Å². The van der Waals surface area contributed by atoms with E-state index in [1.807, 2.05) is 0 Å². The van der Waals surface area contributed by atoms with Crippen molar-refractivity contribution in [2.24, 2.45) is 5.92 Å². The molecule has 0 amide bonds. The zero-order chi connectivity index (χ0) is 15.4. The molecule has 4 unspecified atom stereocenters. The van der Waals surface area contributed by atoms with Gasteiger partial charge in [-0.05, 0) is 67.1 Å². The summed E-state index contributed by atoms with van der Waals surface area (Å²) in [6.45, 7) is 2.71. The largest absolute Gasteiger partial charge is 0.114 e. The summed E-state index contributed by atoms with van der Waals surface area (Å²) in [6.07, 6.45) is 20.2. The Balaban J connectivity index is 1.73. The molecule has 3 aliphatic carbocycles. The van der Waals surface area contributed by atoms with E-state index in [9.17, 15) is 0 Å². The van der Waals surface area contributed by atoms with E-state index in [-0.39, 0.29) is 0 Å². The number of hydrogen-bond acceptors (Lipinski definition) is 0. The van der Waals surface area contributed by atoms with Crippen molar-refractivity contribution in [1.29, 1.82) is 0 Å². The van der Waals surface area contributed by atoms with Crippen molar-refractivity contribution >= 4 is 25.1 Å². The van der Waals surface area contributed by atoms with Gasteiger partial charge in [-0.2, -0.15) is 0 Å². The second kappa shape index (κ2) is 9.12. The van der Waals surface area contributed by atoms with Gasteiger partial charge in [-0.15, -0.1) is 8.93 Å². The average Bonchev–Trinajstić information content (AvgIpc) is 3.06. The Morgan fingerprint density at radius 2 is 1.32 bits per heavy atom. The van der Waals surface area contributed by atoms with Crippen LogP contribution in [0.4, 0.5) is 0 Å². The van der Waals surface area contributed by atoms with Crippen molar-refractivity contribution in [3.63, 3.8) is 0 Å².